The highest BCUT2D eigenvalue weighted by Gasteiger charge is 2.80. The highest BCUT2D eigenvalue weighted by atomic mass is 19.4. The predicted octanol–water partition coefficient (Wildman–Crippen LogP) is 3.27. The molecule has 0 radical (unpaired) electrons. The van der Waals surface area contributed by atoms with Crippen LogP contribution >= 0.6 is 0 Å². The van der Waals surface area contributed by atoms with Crippen LogP contribution in [0.3, 0.4) is 0 Å². The molecule has 0 aliphatic rings. The molecule has 0 heterocycles. The summed E-state index contributed by atoms with van der Waals surface area (Å²) in [5.41, 5.74) is -6.25. The number of alkyl halides is 10. The summed E-state index contributed by atoms with van der Waals surface area (Å²) >= 11 is 0. The highest BCUT2D eigenvalue weighted by Crippen LogP contribution is 2.51. The van der Waals surface area contributed by atoms with Gasteiger partial charge < -0.3 is 9.84 Å². The molecule has 0 spiro atoms. The minimum atomic E-state index is -6.75. The first-order valence-corrected chi connectivity index (χ1v) is 4.42. The number of aliphatic hydroxyl groups is 1. The third kappa shape index (κ3) is 2.94. The van der Waals surface area contributed by atoms with Gasteiger partial charge in [0.1, 0.15) is 0 Å². The second-order valence-electron chi connectivity index (χ2n) is 3.41. The first-order chi connectivity index (χ1) is 8.64. The zero-order valence-electron chi connectivity index (χ0n) is 9.07. The number of hydrogen-bond acceptors (Lipinski definition) is 2. The van der Waals surface area contributed by atoms with Crippen LogP contribution < -0.4 is 0 Å². The Bertz CT molecular complexity index is 346. The minimum Gasteiger partial charge on any atom is -0.483 e. The van der Waals surface area contributed by atoms with E-state index in [9.17, 15) is 43.9 Å². The third-order valence-corrected chi connectivity index (χ3v) is 2.12. The van der Waals surface area contributed by atoms with Gasteiger partial charge in [0.15, 0.2) is 0 Å². The fourth-order valence-corrected chi connectivity index (χ4v) is 1.12. The van der Waals surface area contributed by atoms with Gasteiger partial charge in [0, 0.05) is 0 Å². The molecular weight excluding hydrogens is 318 g/mol. The van der Waals surface area contributed by atoms with Crippen LogP contribution in [-0.4, -0.2) is 41.5 Å². The lowest BCUT2D eigenvalue weighted by Gasteiger charge is -2.39. The largest absolute Gasteiger partial charge is 0.483 e. The Morgan fingerprint density at radius 3 is 1.55 bits per heavy atom. The van der Waals surface area contributed by atoms with Gasteiger partial charge in [-0.3, -0.25) is 0 Å². The van der Waals surface area contributed by atoms with Crippen molar-refractivity contribution in [3.05, 3.63) is 12.8 Å². The number of hydrogen-bond donors (Lipinski definition) is 1. The molecule has 1 N–H and O–H groups in total. The van der Waals surface area contributed by atoms with Crippen molar-refractivity contribution in [2.45, 2.75) is 36.4 Å². The quantitative estimate of drug-likeness (QED) is 0.621. The zero-order valence-corrected chi connectivity index (χ0v) is 9.07. The average Bonchev–Trinajstić information content (AvgIpc) is 2.20. The summed E-state index contributed by atoms with van der Waals surface area (Å²) < 4.78 is 127. The molecule has 0 saturated carbocycles. The maximum Gasteiger partial charge on any atom is 0.431 e. The van der Waals surface area contributed by atoms with Gasteiger partial charge >= 0.3 is 18.3 Å². The van der Waals surface area contributed by atoms with E-state index in [0.29, 0.717) is 0 Å². The molecule has 0 aromatic carbocycles. The topological polar surface area (TPSA) is 29.5 Å². The molecule has 12 heteroatoms. The van der Waals surface area contributed by atoms with Crippen LogP contribution in [0.15, 0.2) is 12.8 Å². The van der Waals surface area contributed by atoms with Gasteiger partial charge in [-0.2, -0.15) is 35.1 Å². The second-order valence-corrected chi connectivity index (χ2v) is 3.41. The molecule has 120 valence electrons. The second kappa shape index (κ2) is 5.30. The first kappa shape index (κ1) is 18.8. The lowest BCUT2D eigenvalue weighted by atomic mass is 9.90. The van der Waals surface area contributed by atoms with E-state index < -0.39 is 36.4 Å². The molecule has 0 fully saturated rings. The van der Waals surface area contributed by atoms with Gasteiger partial charge in [-0.1, -0.05) is 6.58 Å². The van der Waals surface area contributed by atoms with Gasteiger partial charge in [-0.15, -0.1) is 0 Å². The number of halogens is 10. The Morgan fingerprint density at radius 2 is 1.35 bits per heavy atom. The first-order valence-electron chi connectivity index (χ1n) is 4.42. The van der Waals surface area contributed by atoms with Crippen molar-refractivity contribution in [2.24, 2.45) is 0 Å². The van der Waals surface area contributed by atoms with E-state index >= 15 is 0 Å². The molecule has 0 rings (SSSR count). The van der Waals surface area contributed by atoms with Crippen molar-refractivity contribution >= 4 is 0 Å². The van der Waals surface area contributed by atoms with Crippen LogP contribution in [0, 0.1) is 0 Å². The zero-order chi connectivity index (χ0) is 16.6. The van der Waals surface area contributed by atoms with E-state index in [-0.39, 0.29) is 6.26 Å². The summed E-state index contributed by atoms with van der Waals surface area (Å²) in [6, 6.07) is 0. The van der Waals surface area contributed by atoms with Crippen LogP contribution in [0.2, 0.25) is 0 Å². The molecule has 0 aliphatic heterocycles. The van der Waals surface area contributed by atoms with E-state index in [1.165, 1.54) is 0 Å². The fourth-order valence-electron chi connectivity index (χ4n) is 1.12. The average molecular weight is 324 g/mol. The Labute approximate surface area is 104 Å². The lowest BCUT2D eigenvalue weighted by Crippen LogP contribution is -2.70. The Kier molecular flexibility index (Phi) is 4.98. The Hall–Kier alpha value is -1.20. The lowest BCUT2D eigenvalue weighted by molar-refractivity contribution is -0.401. The van der Waals surface area contributed by atoms with Crippen LogP contribution in [-0.2, 0) is 4.74 Å². The molecule has 0 bridgehead atoms. The normalized spacial score (nSPS) is 18.6. The standard InChI is InChI=1S/C8H6F10O2/c1-2-20-3(7(13,14)15)6(11,12)5(19,4(9)10)8(16,17)18/h2-4,19H,1H2. The van der Waals surface area contributed by atoms with Crippen LogP contribution in [0.25, 0.3) is 0 Å². The van der Waals surface area contributed by atoms with Gasteiger partial charge in [0.05, 0.1) is 6.26 Å². The molecule has 0 saturated heterocycles. The van der Waals surface area contributed by atoms with Crippen molar-refractivity contribution in [2.75, 3.05) is 0 Å². The Balaban J connectivity index is 6.04. The van der Waals surface area contributed by atoms with E-state index in [4.69, 9.17) is 5.11 Å². The van der Waals surface area contributed by atoms with Gasteiger partial charge in [0.25, 0.3) is 18.1 Å². The summed E-state index contributed by atoms with van der Waals surface area (Å²) in [6.45, 7) is 2.41. The molecule has 0 aromatic rings. The third-order valence-electron chi connectivity index (χ3n) is 2.12. The fraction of sp³-hybridized carbons (Fsp3) is 0.750. The molecule has 2 atom stereocenters. The highest BCUT2D eigenvalue weighted by molar-refractivity contribution is 5.07. The van der Waals surface area contributed by atoms with Crippen LogP contribution in [0.1, 0.15) is 0 Å². The van der Waals surface area contributed by atoms with Gasteiger partial charge in [0.2, 0.25) is 0 Å². The van der Waals surface area contributed by atoms with Gasteiger partial charge in [-0.05, 0) is 0 Å². The monoisotopic (exact) mass is 324 g/mol. The SMILES string of the molecule is C=COC(C(F)(F)F)C(F)(F)C(O)(C(F)F)C(F)(F)F. The van der Waals surface area contributed by atoms with E-state index in [0.717, 1.165) is 0 Å². The van der Waals surface area contributed by atoms with Crippen LogP contribution in [0.5, 0.6) is 0 Å². The molecule has 20 heavy (non-hydrogen) atoms. The molecule has 0 aromatic heterocycles. The van der Waals surface area contributed by atoms with Crippen molar-refractivity contribution < 1.29 is 53.7 Å². The van der Waals surface area contributed by atoms with Crippen molar-refractivity contribution in [3.8, 4) is 0 Å². The van der Waals surface area contributed by atoms with Crippen LogP contribution in [0.4, 0.5) is 43.9 Å². The molecule has 2 nitrogen and oxygen atoms in total. The van der Waals surface area contributed by atoms with Gasteiger partial charge in [-0.25, -0.2) is 8.78 Å². The summed E-state index contributed by atoms with van der Waals surface area (Å²) in [4.78, 5) is 0. The summed E-state index contributed by atoms with van der Waals surface area (Å²) in [7, 11) is 0. The number of rotatable bonds is 5. The minimum absolute atomic E-state index is 0.311. The maximum atomic E-state index is 13.2. The molecule has 0 aliphatic carbocycles. The summed E-state index contributed by atoms with van der Waals surface area (Å²) in [6.07, 6.45) is -23.2. The maximum absolute atomic E-state index is 13.2. The Morgan fingerprint density at radius 1 is 0.950 bits per heavy atom. The smallest absolute Gasteiger partial charge is 0.431 e. The van der Waals surface area contributed by atoms with E-state index in [1.54, 1.807) is 0 Å². The van der Waals surface area contributed by atoms with Crippen molar-refractivity contribution in [1.82, 2.24) is 0 Å². The van der Waals surface area contributed by atoms with E-state index in [1.807, 2.05) is 0 Å². The molecular formula is C8H6F10O2. The van der Waals surface area contributed by atoms with E-state index in [2.05, 4.69) is 11.3 Å². The molecule has 0 amide bonds. The predicted molar refractivity (Wildman–Crippen MR) is 43.1 cm³/mol. The molecule has 2 unspecified atom stereocenters. The van der Waals surface area contributed by atoms with Crippen molar-refractivity contribution in [3.63, 3.8) is 0 Å². The number of ether oxygens (including phenoxy) is 1. The van der Waals surface area contributed by atoms with Crippen molar-refractivity contribution in [1.29, 1.82) is 0 Å². The summed E-state index contributed by atoms with van der Waals surface area (Å²) in [5, 5.41) is 8.47. The summed E-state index contributed by atoms with van der Waals surface area (Å²) in [5.74, 6) is -6.42.